The van der Waals surface area contributed by atoms with Gasteiger partial charge in [-0.3, -0.25) is 0 Å². The largest absolute Gasteiger partial charge is 0.573 e. The second-order valence-corrected chi connectivity index (χ2v) is 3.72. The van der Waals surface area contributed by atoms with E-state index in [1.54, 1.807) is 13.0 Å². The van der Waals surface area contributed by atoms with Crippen LogP contribution in [0.2, 0.25) is 0 Å². The van der Waals surface area contributed by atoms with Crippen molar-refractivity contribution in [1.82, 2.24) is 0 Å². The highest BCUT2D eigenvalue weighted by Crippen LogP contribution is 2.28. The van der Waals surface area contributed by atoms with Crippen LogP contribution in [0.1, 0.15) is 23.7 Å². The molecule has 0 bridgehead atoms. The lowest BCUT2D eigenvalue weighted by molar-refractivity contribution is -0.274. The summed E-state index contributed by atoms with van der Waals surface area (Å²) in [6.45, 7) is 1.88. The number of aliphatic hydroxyl groups excluding tert-OH is 1. The number of alkyl halides is 3. The number of aliphatic hydroxyl groups is 1. The van der Waals surface area contributed by atoms with Crippen LogP contribution in [-0.2, 0) is 0 Å². The zero-order valence-corrected chi connectivity index (χ0v) is 9.29. The van der Waals surface area contributed by atoms with Crippen LogP contribution in [0.4, 0.5) is 13.2 Å². The third-order valence-electron chi connectivity index (χ3n) is 2.13. The van der Waals surface area contributed by atoms with Crippen LogP contribution in [0, 0.1) is 6.92 Å². The summed E-state index contributed by atoms with van der Waals surface area (Å²) in [5.41, 5.74) is 6.22. The maximum absolute atomic E-state index is 12.0. The molecule has 0 amide bonds. The lowest BCUT2D eigenvalue weighted by Gasteiger charge is -2.14. The molecule has 1 rings (SSSR count). The molecule has 0 aliphatic rings. The van der Waals surface area contributed by atoms with Crippen LogP contribution in [0.15, 0.2) is 18.2 Å². The van der Waals surface area contributed by atoms with E-state index in [4.69, 9.17) is 5.73 Å². The minimum atomic E-state index is -4.73. The van der Waals surface area contributed by atoms with Crippen LogP contribution < -0.4 is 10.5 Å². The van der Waals surface area contributed by atoms with Crippen LogP contribution in [0.25, 0.3) is 0 Å². The number of aryl methyl sites for hydroxylation is 1. The topological polar surface area (TPSA) is 55.5 Å². The molecular weight excluding hydrogens is 235 g/mol. The molecule has 0 saturated heterocycles. The standard InChI is InChI=1S/C11H14F3NO2/c1-7-4-8(10(16)2-3-15)6-9(5-7)17-11(12,13)14/h4-6,10,16H,2-3,15H2,1H3/t10-/m1/s1. The Morgan fingerprint density at radius 2 is 2.00 bits per heavy atom. The summed E-state index contributed by atoms with van der Waals surface area (Å²) < 4.78 is 40.0. The molecular formula is C11H14F3NO2. The Hall–Kier alpha value is -1.27. The fourth-order valence-electron chi connectivity index (χ4n) is 1.49. The van der Waals surface area contributed by atoms with Gasteiger partial charge in [0.1, 0.15) is 5.75 Å². The summed E-state index contributed by atoms with van der Waals surface area (Å²) in [7, 11) is 0. The zero-order valence-electron chi connectivity index (χ0n) is 9.29. The van der Waals surface area contributed by atoms with Gasteiger partial charge < -0.3 is 15.6 Å². The maximum atomic E-state index is 12.0. The van der Waals surface area contributed by atoms with Crippen LogP contribution in [0.5, 0.6) is 5.75 Å². The van der Waals surface area contributed by atoms with Crippen molar-refractivity contribution in [1.29, 1.82) is 0 Å². The lowest BCUT2D eigenvalue weighted by atomic mass is 10.0. The van der Waals surface area contributed by atoms with Gasteiger partial charge in [-0.2, -0.15) is 0 Å². The van der Waals surface area contributed by atoms with Gasteiger partial charge in [0.25, 0.3) is 0 Å². The van der Waals surface area contributed by atoms with Gasteiger partial charge in [0.2, 0.25) is 0 Å². The molecule has 0 radical (unpaired) electrons. The van der Waals surface area contributed by atoms with E-state index < -0.39 is 12.5 Å². The van der Waals surface area contributed by atoms with Crippen molar-refractivity contribution in [2.24, 2.45) is 5.73 Å². The molecule has 3 N–H and O–H groups in total. The quantitative estimate of drug-likeness (QED) is 0.860. The van der Waals surface area contributed by atoms with Crippen molar-refractivity contribution in [3.05, 3.63) is 29.3 Å². The highest BCUT2D eigenvalue weighted by Gasteiger charge is 2.31. The average molecular weight is 249 g/mol. The molecule has 1 aromatic carbocycles. The summed E-state index contributed by atoms with van der Waals surface area (Å²) in [6.07, 6.45) is -5.32. The molecule has 0 unspecified atom stereocenters. The van der Waals surface area contributed by atoms with Gasteiger partial charge in [0.15, 0.2) is 0 Å². The number of hydrogen-bond donors (Lipinski definition) is 2. The first kappa shape index (κ1) is 13.8. The Balaban J connectivity index is 2.94. The van der Waals surface area contributed by atoms with Gasteiger partial charge in [-0.25, -0.2) is 0 Å². The Bertz CT molecular complexity index is 379. The van der Waals surface area contributed by atoms with Crippen molar-refractivity contribution in [3.63, 3.8) is 0 Å². The predicted molar refractivity (Wildman–Crippen MR) is 56.5 cm³/mol. The maximum Gasteiger partial charge on any atom is 0.573 e. The van der Waals surface area contributed by atoms with Crippen molar-refractivity contribution in [2.75, 3.05) is 6.54 Å². The second kappa shape index (κ2) is 5.37. The molecule has 96 valence electrons. The molecule has 6 heteroatoms. The van der Waals surface area contributed by atoms with E-state index in [-0.39, 0.29) is 18.7 Å². The Morgan fingerprint density at radius 3 is 2.53 bits per heavy atom. The minimum Gasteiger partial charge on any atom is -0.406 e. The third kappa shape index (κ3) is 4.62. The minimum absolute atomic E-state index is 0.255. The third-order valence-corrected chi connectivity index (χ3v) is 2.13. The molecule has 1 aromatic rings. The average Bonchev–Trinajstić information content (AvgIpc) is 2.14. The van der Waals surface area contributed by atoms with E-state index in [1.165, 1.54) is 12.1 Å². The van der Waals surface area contributed by atoms with Gasteiger partial charge in [-0.15, -0.1) is 13.2 Å². The summed E-state index contributed by atoms with van der Waals surface area (Å²) in [5.74, 6) is -0.330. The molecule has 0 saturated carbocycles. The Morgan fingerprint density at radius 1 is 1.35 bits per heavy atom. The van der Waals surface area contributed by atoms with Gasteiger partial charge in [0, 0.05) is 0 Å². The van der Waals surface area contributed by atoms with E-state index in [0.717, 1.165) is 0 Å². The van der Waals surface area contributed by atoms with Gasteiger partial charge >= 0.3 is 6.36 Å². The fourth-order valence-corrected chi connectivity index (χ4v) is 1.49. The zero-order chi connectivity index (χ0) is 13.1. The molecule has 0 fully saturated rings. The molecule has 0 aliphatic heterocycles. The Kier molecular flexibility index (Phi) is 4.36. The lowest BCUT2D eigenvalue weighted by Crippen LogP contribution is -2.17. The van der Waals surface area contributed by atoms with E-state index in [0.29, 0.717) is 11.1 Å². The summed E-state index contributed by atoms with van der Waals surface area (Å²) in [6, 6.07) is 4.02. The van der Waals surface area contributed by atoms with Gasteiger partial charge in [-0.1, -0.05) is 6.07 Å². The normalized spacial score (nSPS) is 13.5. The smallest absolute Gasteiger partial charge is 0.406 e. The van der Waals surface area contributed by atoms with E-state index in [2.05, 4.69) is 4.74 Å². The number of hydrogen-bond acceptors (Lipinski definition) is 3. The highest BCUT2D eigenvalue weighted by atomic mass is 19.4. The first-order valence-corrected chi connectivity index (χ1v) is 5.07. The number of nitrogens with two attached hydrogens (primary N) is 1. The van der Waals surface area contributed by atoms with Crippen molar-refractivity contribution < 1.29 is 23.0 Å². The van der Waals surface area contributed by atoms with E-state index in [9.17, 15) is 18.3 Å². The van der Waals surface area contributed by atoms with Crippen LogP contribution in [-0.4, -0.2) is 18.0 Å². The summed E-state index contributed by atoms with van der Waals surface area (Å²) in [5, 5.41) is 9.65. The van der Waals surface area contributed by atoms with E-state index >= 15 is 0 Å². The molecule has 0 spiro atoms. The number of ether oxygens (including phenoxy) is 1. The molecule has 17 heavy (non-hydrogen) atoms. The van der Waals surface area contributed by atoms with Crippen molar-refractivity contribution in [2.45, 2.75) is 25.8 Å². The first-order chi connectivity index (χ1) is 7.81. The van der Waals surface area contributed by atoms with Crippen LogP contribution >= 0.6 is 0 Å². The summed E-state index contributed by atoms with van der Waals surface area (Å²) in [4.78, 5) is 0. The molecule has 3 nitrogen and oxygen atoms in total. The predicted octanol–water partition coefficient (Wildman–Crippen LogP) is 2.28. The molecule has 0 heterocycles. The SMILES string of the molecule is Cc1cc(OC(F)(F)F)cc([C@H](O)CCN)c1. The fraction of sp³-hybridized carbons (Fsp3) is 0.455. The van der Waals surface area contributed by atoms with Gasteiger partial charge in [0.05, 0.1) is 6.10 Å². The number of rotatable bonds is 4. The second-order valence-electron chi connectivity index (χ2n) is 3.72. The van der Waals surface area contributed by atoms with Crippen molar-refractivity contribution in [3.8, 4) is 5.75 Å². The molecule has 1 atom stereocenters. The highest BCUT2D eigenvalue weighted by molar-refractivity contribution is 5.35. The molecule has 0 aromatic heterocycles. The van der Waals surface area contributed by atoms with E-state index in [1.807, 2.05) is 0 Å². The molecule has 0 aliphatic carbocycles. The first-order valence-electron chi connectivity index (χ1n) is 5.07. The number of benzene rings is 1. The van der Waals surface area contributed by atoms with Crippen LogP contribution in [0.3, 0.4) is 0 Å². The monoisotopic (exact) mass is 249 g/mol. The Labute approximate surface area is 97.0 Å². The number of halogens is 3. The van der Waals surface area contributed by atoms with Crippen molar-refractivity contribution >= 4 is 0 Å². The summed E-state index contributed by atoms with van der Waals surface area (Å²) >= 11 is 0. The van der Waals surface area contributed by atoms with Gasteiger partial charge in [-0.05, 0) is 43.1 Å².